The van der Waals surface area contributed by atoms with Crippen LogP contribution in [0.5, 0.6) is 5.75 Å². The number of hydrogen-bond acceptors (Lipinski definition) is 6. The second kappa shape index (κ2) is 5.23. The lowest BCUT2D eigenvalue weighted by atomic mass is 10.1. The minimum absolute atomic E-state index is 0.168. The molecule has 1 aromatic carbocycles. The molecule has 0 atom stereocenters. The maximum Gasteiger partial charge on any atom is 0.221 e. The Balaban J connectivity index is 2.48. The fraction of sp³-hybridized carbons (Fsp3) is 0.154. The van der Waals surface area contributed by atoms with Gasteiger partial charge in [-0.15, -0.1) is 0 Å². The van der Waals surface area contributed by atoms with Gasteiger partial charge in [0, 0.05) is 11.8 Å². The number of nitrogen functional groups attached to an aromatic ring is 1. The summed E-state index contributed by atoms with van der Waals surface area (Å²) in [5, 5.41) is 12.2. The average Bonchev–Trinajstić information content (AvgIpc) is 2.43. The molecule has 2 rings (SSSR count). The van der Waals surface area contributed by atoms with E-state index in [2.05, 4.69) is 21.4 Å². The van der Waals surface area contributed by atoms with E-state index in [0.717, 1.165) is 5.56 Å². The molecule has 6 nitrogen and oxygen atoms in total. The number of para-hydroxylation sites is 1. The van der Waals surface area contributed by atoms with Crippen LogP contribution in [0.1, 0.15) is 11.1 Å². The summed E-state index contributed by atoms with van der Waals surface area (Å²) in [4.78, 5) is 8.01. The molecule has 0 radical (unpaired) electrons. The van der Waals surface area contributed by atoms with Crippen molar-refractivity contribution in [2.45, 2.75) is 6.92 Å². The van der Waals surface area contributed by atoms with Crippen LogP contribution < -0.4 is 15.8 Å². The van der Waals surface area contributed by atoms with Gasteiger partial charge in [-0.25, -0.2) is 4.98 Å². The van der Waals surface area contributed by atoms with Crippen molar-refractivity contribution < 1.29 is 4.74 Å². The van der Waals surface area contributed by atoms with Crippen molar-refractivity contribution in [3.05, 3.63) is 35.5 Å². The molecule has 0 bridgehead atoms. The van der Waals surface area contributed by atoms with Crippen molar-refractivity contribution >= 4 is 17.5 Å². The van der Waals surface area contributed by atoms with Crippen LogP contribution in [-0.4, -0.2) is 17.1 Å². The maximum atomic E-state index is 9.14. The number of hydrogen-bond donors (Lipinski definition) is 2. The highest BCUT2D eigenvalue weighted by atomic mass is 16.5. The third-order valence-electron chi connectivity index (χ3n) is 2.60. The Morgan fingerprint density at radius 2 is 2.21 bits per heavy atom. The summed E-state index contributed by atoms with van der Waals surface area (Å²) in [5.74, 6) is 1.28. The van der Waals surface area contributed by atoms with Gasteiger partial charge in [-0.1, -0.05) is 6.07 Å². The monoisotopic (exact) mass is 255 g/mol. The summed E-state index contributed by atoms with van der Waals surface area (Å²) in [6.45, 7) is 1.85. The maximum absolute atomic E-state index is 9.14. The zero-order valence-electron chi connectivity index (χ0n) is 10.6. The van der Waals surface area contributed by atoms with Crippen molar-refractivity contribution in [1.82, 2.24) is 9.97 Å². The van der Waals surface area contributed by atoms with E-state index in [9.17, 15) is 0 Å². The van der Waals surface area contributed by atoms with E-state index < -0.39 is 0 Å². The second-order valence-corrected chi connectivity index (χ2v) is 3.88. The minimum atomic E-state index is 0.168. The standard InChI is InChI=1S/C13H13N5O/c1-8-7-16-13(15)18-12(8)17-11-9(6-14)4-3-5-10(11)19-2/h3-5,7H,1-2H3,(H3,15,16,17,18). The molecular formula is C13H13N5O. The van der Waals surface area contributed by atoms with E-state index >= 15 is 0 Å². The highest BCUT2D eigenvalue weighted by Crippen LogP contribution is 2.31. The lowest BCUT2D eigenvalue weighted by Gasteiger charge is -2.13. The Kier molecular flexibility index (Phi) is 3.48. The van der Waals surface area contributed by atoms with E-state index in [0.29, 0.717) is 22.8 Å². The molecule has 0 unspecified atom stereocenters. The van der Waals surface area contributed by atoms with Gasteiger partial charge < -0.3 is 15.8 Å². The van der Waals surface area contributed by atoms with E-state index in [1.54, 1.807) is 31.5 Å². The molecule has 96 valence electrons. The largest absolute Gasteiger partial charge is 0.495 e. The van der Waals surface area contributed by atoms with E-state index in [-0.39, 0.29) is 5.95 Å². The van der Waals surface area contributed by atoms with Crippen molar-refractivity contribution in [3.8, 4) is 11.8 Å². The first kappa shape index (κ1) is 12.6. The van der Waals surface area contributed by atoms with Gasteiger partial charge in [0.25, 0.3) is 0 Å². The fourth-order valence-corrected chi connectivity index (χ4v) is 1.62. The second-order valence-electron chi connectivity index (χ2n) is 3.88. The first-order chi connectivity index (χ1) is 9.15. The predicted molar refractivity (Wildman–Crippen MR) is 72.2 cm³/mol. The first-order valence-corrected chi connectivity index (χ1v) is 5.59. The van der Waals surface area contributed by atoms with Crippen LogP contribution in [-0.2, 0) is 0 Å². The number of nitrogens with one attached hydrogen (secondary N) is 1. The van der Waals surface area contributed by atoms with Crippen LogP contribution in [0, 0.1) is 18.3 Å². The van der Waals surface area contributed by atoms with E-state index in [4.69, 9.17) is 15.7 Å². The molecule has 6 heteroatoms. The van der Waals surface area contributed by atoms with Crippen molar-refractivity contribution in [1.29, 1.82) is 5.26 Å². The number of nitrogens with two attached hydrogens (primary N) is 1. The van der Waals surface area contributed by atoms with Gasteiger partial charge in [0.2, 0.25) is 5.95 Å². The number of methoxy groups -OCH3 is 1. The van der Waals surface area contributed by atoms with Crippen LogP contribution in [0.25, 0.3) is 0 Å². The van der Waals surface area contributed by atoms with Crippen LogP contribution in [0.4, 0.5) is 17.5 Å². The first-order valence-electron chi connectivity index (χ1n) is 5.59. The molecule has 0 aliphatic rings. The van der Waals surface area contributed by atoms with Gasteiger partial charge in [0.1, 0.15) is 23.3 Å². The fourth-order valence-electron chi connectivity index (χ4n) is 1.62. The van der Waals surface area contributed by atoms with Gasteiger partial charge in [0.05, 0.1) is 12.7 Å². The number of nitriles is 1. The molecule has 0 amide bonds. The molecule has 2 aromatic rings. The molecule has 0 saturated heterocycles. The van der Waals surface area contributed by atoms with E-state index in [1.165, 1.54) is 0 Å². The molecule has 3 N–H and O–H groups in total. The quantitative estimate of drug-likeness (QED) is 0.870. The Morgan fingerprint density at radius 1 is 1.42 bits per heavy atom. The molecule has 0 fully saturated rings. The summed E-state index contributed by atoms with van der Waals surface area (Å²) in [5.41, 5.74) is 7.42. The topological polar surface area (TPSA) is 96.8 Å². The van der Waals surface area contributed by atoms with Crippen molar-refractivity contribution in [2.75, 3.05) is 18.2 Å². The molecular weight excluding hydrogens is 242 g/mol. The van der Waals surface area contributed by atoms with Crippen LogP contribution >= 0.6 is 0 Å². The van der Waals surface area contributed by atoms with Crippen molar-refractivity contribution in [3.63, 3.8) is 0 Å². The predicted octanol–water partition coefficient (Wildman–Crippen LogP) is 1.99. The number of anilines is 3. The molecule has 1 heterocycles. The minimum Gasteiger partial charge on any atom is -0.495 e. The van der Waals surface area contributed by atoms with Gasteiger partial charge in [-0.2, -0.15) is 10.2 Å². The lowest BCUT2D eigenvalue weighted by Crippen LogP contribution is -2.04. The SMILES string of the molecule is COc1cccc(C#N)c1Nc1nc(N)ncc1C. The number of aryl methyl sites for hydroxylation is 1. The third kappa shape index (κ3) is 2.55. The molecule has 19 heavy (non-hydrogen) atoms. The molecule has 0 saturated carbocycles. The number of benzene rings is 1. The van der Waals surface area contributed by atoms with Gasteiger partial charge in [-0.3, -0.25) is 0 Å². The van der Waals surface area contributed by atoms with E-state index in [1.807, 2.05) is 6.92 Å². The zero-order chi connectivity index (χ0) is 13.8. The summed E-state index contributed by atoms with van der Waals surface area (Å²) >= 11 is 0. The Hall–Kier alpha value is -2.81. The average molecular weight is 255 g/mol. The van der Waals surface area contributed by atoms with Crippen LogP contribution in [0.2, 0.25) is 0 Å². The van der Waals surface area contributed by atoms with Gasteiger partial charge in [-0.05, 0) is 19.1 Å². The third-order valence-corrected chi connectivity index (χ3v) is 2.60. The van der Waals surface area contributed by atoms with Crippen LogP contribution in [0.15, 0.2) is 24.4 Å². The van der Waals surface area contributed by atoms with Crippen molar-refractivity contribution in [2.24, 2.45) is 0 Å². The number of aromatic nitrogens is 2. The molecule has 1 aromatic heterocycles. The zero-order valence-corrected chi connectivity index (χ0v) is 10.6. The number of nitrogens with zero attached hydrogens (tertiary/aromatic N) is 3. The molecule has 0 aliphatic carbocycles. The number of ether oxygens (including phenoxy) is 1. The smallest absolute Gasteiger partial charge is 0.221 e. The lowest BCUT2D eigenvalue weighted by molar-refractivity contribution is 0.416. The Morgan fingerprint density at radius 3 is 2.89 bits per heavy atom. The summed E-state index contributed by atoms with van der Waals surface area (Å²) in [7, 11) is 1.54. The summed E-state index contributed by atoms with van der Waals surface area (Å²) < 4.78 is 5.24. The number of rotatable bonds is 3. The molecule has 0 spiro atoms. The van der Waals surface area contributed by atoms with Gasteiger partial charge >= 0.3 is 0 Å². The Bertz CT molecular complexity index is 648. The van der Waals surface area contributed by atoms with Crippen LogP contribution in [0.3, 0.4) is 0 Å². The molecule has 0 aliphatic heterocycles. The highest BCUT2D eigenvalue weighted by molar-refractivity contribution is 5.72. The Labute approximate surface area is 110 Å². The normalized spacial score (nSPS) is 9.74. The highest BCUT2D eigenvalue weighted by Gasteiger charge is 2.11. The summed E-state index contributed by atoms with van der Waals surface area (Å²) in [6, 6.07) is 7.33. The summed E-state index contributed by atoms with van der Waals surface area (Å²) in [6.07, 6.45) is 1.62. The van der Waals surface area contributed by atoms with Gasteiger partial charge in [0.15, 0.2) is 0 Å².